The van der Waals surface area contributed by atoms with Gasteiger partial charge in [-0.3, -0.25) is 0 Å². The average Bonchev–Trinajstić information content (AvgIpc) is 2.53. The van der Waals surface area contributed by atoms with Gasteiger partial charge < -0.3 is 19.9 Å². The van der Waals surface area contributed by atoms with Crippen LogP contribution < -0.4 is 14.8 Å². The minimum Gasteiger partial charge on any atom is -0.497 e. The molecule has 0 amide bonds. The lowest BCUT2D eigenvalue weighted by molar-refractivity contribution is 0.0385. The molecule has 0 radical (unpaired) electrons. The molecule has 0 saturated heterocycles. The molecule has 1 aromatic heterocycles. The van der Waals surface area contributed by atoms with Crippen LogP contribution in [-0.4, -0.2) is 34.8 Å². The molecule has 2 unspecified atom stereocenters. The Kier molecular flexibility index (Phi) is 4.04. The number of hydrogen-bond acceptors (Lipinski definition) is 6. The maximum absolute atomic E-state index is 10.6. The topological polar surface area (TPSA) is 76.5 Å². The molecule has 2 aromatic rings. The van der Waals surface area contributed by atoms with E-state index < -0.39 is 12.2 Å². The Morgan fingerprint density at radius 2 is 2.32 bits per heavy atom. The fourth-order valence-corrected chi connectivity index (χ4v) is 2.58. The smallest absolute Gasteiger partial charge is 0.224 e. The van der Waals surface area contributed by atoms with E-state index >= 15 is 0 Å². The van der Waals surface area contributed by atoms with Crippen LogP contribution in [0.25, 0.3) is 0 Å². The van der Waals surface area contributed by atoms with Crippen LogP contribution in [0.1, 0.15) is 17.2 Å². The summed E-state index contributed by atoms with van der Waals surface area (Å²) in [5.41, 5.74) is 1.74. The molecule has 0 spiro atoms. The van der Waals surface area contributed by atoms with Crippen molar-refractivity contribution in [3.05, 3.63) is 40.8 Å². The third kappa shape index (κ3) is 2.80. The predicted octanol–water partition coefficient (Wildman–Crippen LogP) is 2.35. The minimum absolute atomic E-state index is 0.153. The number of aliphatic hydroxyl groups is 1. The number of aliphatic hydroxyl groups excluding tert-OH is 1. The average molecular weight is 322 g/mol. The van der Waals surface area contributed by atoms with Crippen molar-refractivity contribution in [3.63, 3.8) is 0 Å². The summed E-state index contributed by atoms with van der Waals surface area (Å²) in [6.45, 7) is 2.35. The number of nitrogens with one attached hydrogen (secondary N) is 1. The largest absolute Gasteiger partial charge is 0.497 e. The van der Waals surface area contributed by atoms with Crippen LogP contribution in [0.3, 0.4) is 0 Å². The van der Waals surface area contributed by atoms with Gasteiger partial charge in [-0.15, -0.1) is 0 Å². The molecular formula is C15H16ClN3O3. The zero-order valence-corrected chi connectivity index (χ0v) is 13.0. The first-order valence-electron chi connectivity index (χ1n) is 6.84. The second-order valence-corrected chi connectivity index (χ2v) is 5.39. The Morgan fingerprint density at radius 1 is 1.50 bits per heavy atom. The molecule has 0 aliphatic carbocycles. The molecule has 1 aliphatic heterocycles. The van der Waals surface area contributed by atoms with Crippen LogP contribution >= 0.6 is 11.6 Å². The van der Waals surface area contributed by atoms with E-state index in [-0.39, 0.29) is 5.28 Å². The number of anilines is 1. The molecule has 2 heterocycles. The minimum atomic E-state index is -0.776. The molecule has 116 valence electrons. The van der Waals surface area contributed by atoms with Gasteiger partial charge in [-0.05, 0) is 41.8 Å². The number of halogens is 1. The summed E-state index contributed by atoms with van der Waals surface area (Å²) in [6, 6.07) is 5.54. The highest BCUT2D eigenvalue weighted by Gasteiger charge is 2.29. The first-order valence-corrected chi connectivity index (χ1v) is 7.22. The van der Waals surface area contributed by atoms with E-state index in [1.54, 1.807) is 7.11 Å². The van der Waals surface area contributed by atoms with E-state index in [0.717, 1.165) is 16.9 Å². The molecule has 22 heavy (non-hydrogen) atoms. The number of ether oxygens (including phenoxy) is 2. The Morgan fingerprint density at radius 3 is 3.05 bits per heavy atom. The fourth-order valence-electron chi connectivity index (χ4n) is 2.45. The second kappa shape index (κ2) is 5.98. The lowest BCUT2D eigenvalue weighted by Crippen LogP contribution is -2.36. The molecule has 2 atom stereocenters. The fraction of sp³-hybridized carbons (Fsp3) is 0.333. The van der Waals surface area contributed by atoms with Gasteiger partial charge in [0.15, 0.2) is 11.6 Å². The van der Waals surface area contributed by atoms with Crippen molar-refractivity contribution < 1.29 is 14.6 Å². The van der Waals surface area contributed by atoms with Crippen molar-refractivity contribution >= 4 is 17.4 Å². The summed E-state index contributed by atoms with van der Waals surface area (Å²) in [5, 5.41) is 13.9. The Balaban J connectivity index is 1.82. The second-order valence-electron chi connectivity index (χ2n) is 5.06. The van der Waals surface area contributed by atoms with Crippen molar-refractivity contribution in [1.82, 2.24) is 9.97 Å². The molecule has 1 aromatic carbocycles. The molecule has 3 rings (SSSR count). The van der Waals surface area contributed by atoms with E-state index in [0.29, 0.717) is 18.1 Å². The van der Waals surface area contributed by atoms with Crippen LogP contribution in [0, 0.1) is 6.92 Å². The molecule has 1 aliphatic rings. The lowest BCUT2D eigenvalue weighted by Gasteiger charge is -2.30. The molecule has 0 fully saturated rings. The third-order valence-electron chi connectivity index (χ3n) is 3.62. The molecule has 0 bridgehead atoms. The van der Waals surface area contributed by atoms with Gasteiger partial charge in [0.1, 0.15) is 18.0 Å². The monoisotopic (exact) mass is 321 g/mol. The number of rotatable bonds is 3. The lowest BCUT2D eigenvalue weighted by atomic mass is 9.98. The first kappa shape index (κ1) is 14.9. The standard InChI is InChI=1S/C15H16ClN3O3/c1-8-5-9(21-2)3-4-10(8)13(20)11-6-17-14-12(22-11)7-18-15(16)19-14/h3-5,7,11,13,20H,6H2,1-2H3,(H,17,18,19). The van der Waals surface area contributed by atoms with E-state index in [2.05, 4.69) is 15.3 Å². The zero-order chi connectivity index (χ0) is 15.7. The highest BCUT2D eigenvalue weighted by molar-refractivity contribution is 6.28. The van der Waals surface area contributed by atoms with Crippen LogP contribution in [0.2, 0.25) is 5.28 Å². The molecule has 7 heteroatoms. The third-order valence-corrected chi connectivity index (χ3v) is 3.80. The van der Waals surface area contributed by atoms with E-state index in [4.69, 9.17) is 21.1 Å². The summed E-state index contributed by atoms with van der Waals surface area (Å²) in [7, 11) is 1.61. The summed E-state index contributed by atoms with van der Waals surface area (Å²) in [6.07, 6.45) is 0.281. The summed E-state index contributed by atoms with van der Waals surface area (Å²) < 4.78 is 11.0. The van der Waals surface area contributed by atoms with E-state index in [1.807, 2.05) is 25.1 Å². The van der Waals surface area contributed by atoms with Crippen molar-refractivity contribution in [2.75, 3.05) is 19.0 Å². The maximum atomic E-state index is 10.6. The number of benzene rings is 1. The summed E-state index contributed by atoms with van der Waals surface area (Å²) in [4.78, 5) is 7.93. The SMILES string of the molecule is COc1ccc(C(O)C2CNc3nc(Cl)ncc3O2)c(C)c1. The molecule has 2 N–H and O–H groups in total. The van der Waals surface area contributed by atoms with Crippen molar-refractivity contribution in [2.24, 2.45) is 0 Å². The summed E-state index contributed by atoms with van der Waals surface area (Å²) >= 11 is 5.74. The van der Waals surface area contributed by atoms with Crippen molar-refractivity contribution in [3.8, 4) is 11.5 Å². The van der Waals surface area contributed by atoms with Gasteiger partial charge in [0, 0.05) is 0 Å². The Hall–Kier alpha value is -2.05. The number of nitrogens with zero attached hydrogens (tertiary/aromatic N) is 2. The predicted molar refractivity (Wildman–Crippen MR) is 82.6 cm³/mol. The van der Waals surface area contributed by atoms with Gasteiger partial charge >= 0.3 is 0 Å². The number of hydrogen-bond donors (Lipinski definition) is 2. The van der Waals surface area contributed by atoms with Crippen LogP contribution in [0.5, 0.6) is 11.5 Å². The van der Waals surface area contributed by atoms with Crippen LogP contribution in [0.15, 0.2) is 24.4 Å². The molecule has 6 nitrogen and oxygen atoms in total. The van der Waals surface area contributed by atoms with Gasteiger partial charge in [0.2, 0.25) is 5.28 Å². The van der Waals surface area contributed by atoms with Gasteiger partial charge in [0.25, 0.3) is 0 Å². The Labute approximate surface area is 133 Å². The van der Waals surface area contributed by atoms with Gasteiger partial charge in [-0.25, -0.2) is 4.98 Å². The zero-order valence-electron chi connectivity index (χ0n) is 12.2. The normalized spacial score (nSPS) is 17.9. The highest BCUT2D eigenvalue weighted by atomic mass is 35.5. The maximum Gasteiger partial charge on any atom is 0.224 e. The van der Waals surface area contributed by atoms with Gasteiger partial charge in [-0.2, -0.15) is 4.98 Å². The van der Waals surface area contributed by atoms with Crippen molar-refractivity contribution in [2.45, 2.75) is 19.1 Å². The number of fused-ring (bicyclic) bond motifs is 1. The molecular weight excluding hydrogens is 306 g/mol. The first-order chi connectivity index (χ1) is 10.6. The van der Waals surface area contributed by atoms with E-state index in [9.17, 15) is 5.11 Å². The number of aromatic nitrogens is 2. The summed E-state index contributed by atoms with van der Waals surface area (Å²) in [5.74, 6) is 1.77. The van der Waals surface area contributed by atoms with Crippen LogP contribution in [0.4, 0.5) is 5.82 Å². The van der Waals surface area contributed by atoms with Gasteiger partial charge in [-0.1, -0.05) is 6.07 Å². The number of aryl methyl sites for hydroxylation is 1. The number of methoxy groups -OCH3 is 1. The quantitative estimate of drug-likeness (QED) is 0.845. The van der Waals surface area contributed by atoms with Crippen molar-refractivity contribution in [1.29, 1.82) is 0 Å². The van der Waals surface area contributed by atoms with Crippen LogP contribution in [-0.2, 0) is 0 Å². The molecule has 0 saturated carbocycles. The Bertz CT molecular complexity index is 696. The van der Waals surface area contributed by atoms with E-state index in [1.165, 1.54) is 6.20 Å². The highest BCUT2D eigenvalue weighted by Crippen LogP contribution is 2.32. The van der Waals surface area contributed by atoms with Gasteiger partial charge in [0.05, 0.1) is 19.9 Å².